The van der Waals surface area contributed by atoms with E-state index in [1.807, 2.05) is 30.7 Å². The van der Waals surface area contributed by atoms with Crippen LogP contribution < -0.4 is 10.9 Å². The van der Waals surface area contributed by atoms with Crippen molar-refractivity contribution in [1.29, 1.82) is 0 Å². The Bertz CT molecular complexity index is 1210. The Morgan fingerprint density at radius 1 is 1.19 bits per heavy atom. The molecule has 0 saturated heterocycles. The van der Waals surface area contributed by atoms with E-state index in [4.69, 9.17) is 0 Å². The molecule has 136 valence electrons. The summed E-state index contributed by atoms with van der Waals surface area (Å²) in [6, 6.07) is 9.06. The third-order valence-corrected chi connectivity index (χ3v) is 4.25. The molecule has 4 aromatic rings. The van der Waals surface area contributed by atoms with Gasteiger partial charge in [0.1, 0.15) is 6.54 Å². The maximum Gasteiger partial charge on any atom is 0.261 e. The molecule has 1 amide bonds. The fourth-order valence-corrected chi connectivity index (χ4v) is 2.96. The number of benzene rings is 1. The summed E-state index contributed by atoms with van der Waals surface area (Å²) in [5, 5.41) is 8.40. The molecule has 0 atom stereocenters. The van der Waals surface area contributed by atoms with Crippen LogP contribution in [0.25, 0.3) is 21.9 Å². The number of rotatable bonds is 4. The number of hydrogen-bond donors (Lipinski definition) is 1. The molecule has 3 heterocycles. The predicted molar refractivity (Wildman–Crippen MR) is 103 cm³/mol. The third-order valence-electron chi connectivity index (χ3n) is 4.25. The summed E-state index contributed by atoms with van der Waals surface area (Å²) in [5.74, 6) is -0.327. The Kier molecular flexibility index (Phi) is 4.15. The Morgan fingerprint density at radius 3 is 2.81 bits per heavy atom. The molecule has 0 aliphatic heterocycles. The second-order valence-corrected chi connectivity index (χ2v) is 6.56. The number of hydrogen-bond acceptors (Lipinski definition) is 5. The van der Waals surface area contributed by atoms with Crippen molar-refractivity contribution in [2.75, 3.05) is 5.32 Å². The molecule has 8 heteroatoms. The highest BCUT2D eigenvalue weighted by Gasteiger charge is 2.11. The van der Waals surface area contributed by atoms with Gasteiger partial charge >= 0.3 is 0 Å². The van der Waals surface area contributed by atoms with E-state index in [0.29, 0.717) is 16.6 Å². The van der Waals surface area contributed by atoms with Crippen LogP contribution in [0, 0.1) is 0 Å². The van der Waals surface area contributed by atoms with Crippen LogP contribution in [0.5, 0.6) is 0 Å². The lowest BCUT2D eigenvalue weighted by atomic mass is 10.2. The average molecular weight is 362 g/mol. The Morgan fingerprint density at radius 2 is 2.00 bits per heavy atom. The first-order valence-corrected chi connectivity index (χ1v) is 8.60. The molecule has 1 aromatic carbocycles. The van der Waals surface area contributed by atoms with Gasteiger partial charge in [0.05, 0.1) is 35.3 Å². The fraction of sp³-hybridized carbons (Fsp3) is 0.211. The van der Waals surface area contributed by atoms with Crippen molar-refractivity contribution in [2.45, 2.75) is 26.4 Å². The summed E-state index contributed by atoms with van der Waals surface area (Å²) in [6.45, 7) is 3.93. The van der Waals surface area contributed by atoms with Crippen LogP contribution in [0.1, 0.15) is 19.9 Å². The molecule has 4 rings (SSSR count). The lowest BCUT2D eigenvalue weighted by Crippen LogP contribution is -2.27. The van der Waals surface area contributed by atoms with Crippen LogP contribution in [0.15, 0.2) is 53.8 Å². The second kappa shape index (κ2) is 6.64. The standard InChI is InChI=1S/C19H18N6O2/c1-12(2)25-18-13(8-22-25)7-14(9-20-18)23-17(26)10-24-11-21-16-6-4-3-5-15(16)19(24)27/h3-9,11-12H,10H2,1-2H3,(H,23,26). The highest BCUT2D eigenvalue weighted by molar-refractivity contribution is 5.92. The van der Waals surface area contributed by atoms with Crippen molar-refractivity contribution in [3.8, 4) is 0 Å². The van der Waals surface area contributed by atoms with E-state index in [0.717, 1.165) is 11.0 Å². The summed E-state index contributed by atoms with van der Waals surface area (Å²) in [6.07, 6.45) is 4.69. The second-order valence-electron chi connectivity index (χ2n) is 6.56. The quantitative estimate of drug-likeness (QED) is 0.601. The fourth-order valence-electron chi connectivity index (χ4n) is 2.96. The number of fused-ring (bicyclic) bond motifs is 2. The average Bonchev–Trinajstić information content (AvgIpc) is 3.08. The molecule has 0 saturated carbocycles. The van der Waals surface area contributed by atoms with Gasteiger partial charge in [0.2, 0.25) is 5.91 Å². The molecule has 0 spiro atoms. The van der Waals surface area contributed by atoms with Crippen LogP contribution in [-0.2, 0) is 11.3 Å². The van der Waals surface area contributed by atoms with Crippen LogP contribution in [0.3, 0.4) is 0 Å². The van der Waals surface area contributed by atoms with Crippen molar-refractivity contribution in [3.05, 3.63) is 59.4 Å². The van der Waals surface area contributed by atoms with Gasteiger partial charge in [-0.3, -0.25) is 14.2 Å². The number of nitrogens with zero attached hydrogens (tertiary/aromatic N) is 5. The monoisotopic (exact) mass is 362 g/mol. The number of carbonyl (C=O) groups is 1. The van der Waals surface area contributed by atoms with Crippen molar-refractivity contribution in [3.63, 3.8) is 0 Å². The van der Waals surface area contributed by atoms with Gasteiger partial charge in [-0.2, -0.15) is 5.10 Å². The maximum atomic E-state index is 12.5. The van der Waals surface area contributed by atoms with E-state index >= 15 is 0 Å². The van der Waals surface area contributed by atoms with Gasteiger partial charge in [0.25, 0.3) is 5.56 Å². The van der Waals surface area contributed by atoms with Crippen LogP contribution in [-0.4, -0.2) is 30.2 Å². The van der Waals surface area contributed by atoms with Crippen molar-refractivity contribution >= 4 is 33.5 Å². The topological polar surface area (TPSA) is 94.7 Å². The van der Waals surface area contributed by atoms with E-state index in [-0.39, 0.29) is 24.1 Å². The minimum absolute atomic E-state index is 0.125. The Labute approximate surface area is 154 Å². The maximum absolute atomic E-state index is 12.5. The molecule has 0 aliphatic carbocycles. The van der Waals surface area contributed by atoms with Crippen molar-refractivity contribution in [2.24, 2.45) is 0 Å². The normalized spacial score (nSPS) is 11.4. The van der Waals surface area contributed by atoms with Gasteiger partial charge in [-0.15, -0.1) is 0 Å². The number of para-hydroxylation sites is 1. The first kappa shape index (κ1) is 16.9. The zero-order chi connectivity index (χ0) is 19.0. The van der Waals surface area contributed by atoms with Crippen LogP contribution >= 0.6 is 0 Å². The van der Waals surface area contributed by atoms with Crippen LogP contribution in [0.2, 0.25) is 0 Å². The highest BCUT2D eigenvalue weighted by atomic mass is 16.2. The lowest BCUT2D eigenvalue weighted by Gasteiger charge is -2.09. The highest BCUT2D eigenvalue weighted by Crippen LogP contribution is 2.19. The number of amides is 1. The minimum atomic E-state index is -0.327. The molecule has 0 unspecified atom stereocenters. The minimum Gasteiger partial charge on any atom is -0.323 e. The zero-order valence-electron chi connectivity index (χ0n) is 15.0. The van der Waals surface area contributed by atoms with Crippen molar-refractivity contribution < 1.29 is 4.79 Å². The van der Waals surface area contributed by atoms with Gasteiger partial charge in [0, 0.05) is 11.4 Å². The van der Waals surface area contributed by atoms with Gasteiger partial charge in [0.15, 0.2) is 5.65 Å². The first-order valence-electron chi connectivity index (χ1n) is 8.60. The smallest absolute Gasteiger partial charge is 0.261 e. The molecule has 0 fully saturated rings. The van der Waals surface area contributed by atoms with E-state index < -0.39 is 0 Å². The zero-order valence-corrected chi connectivity index (χ0v) is 15.0. The summed E-state index contributed by atoms with van der Waals surface area (Å²) in [7, 11) is 0. The molecular weight excluding hydrogens is 344 g/mol. The lowest BCUT2D eigenvalue weighted by molar-refractivity contribution is -0.116. The molecule has 27 heavy (non-hydrogen) atoms. The third kappa shape index (κ3) is 3.17. The molecule has 3 aromatic heterocycles. The van der Waals surface area contributed by atoms with E-state index in [1.165, 1.54) is 10.9 Å². The molecular formula is C19H18N6O2. The van der Waals surface area contributed by atoms with Crippen molar-refractivity contribution in [1.82, 2.24) is 24.3 Å². The van der Waals surface area contributed by atoms with E-state index in [9.17, 15) is 9.59 Å². The number of aromatic nitrogens is 5. The number of nitrogens with one attached hydrogen (secondary N) is 1. The molecule has 8 nitrogen and oxygen atoms in total. The largest absolute Gasteiger partial charge is 0.323 e. The number of carbonyl (C=O) groups excluding carboxylic acids is 1. The van der Waals surface area contributed by atoms with Gasteiger partial charge in [-0.25, -0.2) is 14.6 Å². The van der Waals surface area contributed by atoms with Gasteiger partial charge < -0.3 is 5.32 Å². The van der Waals surface area contributed by atoms with Gasteiger partial charge in [-0.05, 0) is 32.0 Å². The Balaban J connectivity index is 1.55. The number of anilines is 1. The SMILES string of the molecule is CC(C)n1ncc2cc(NC(=O)Cn3cnc4ccccc4c3=O)cnc21. The van der Waals surface area contributed by atoms with Gasteiger partial charge in [-0.1, -0.05) is 12.1 Å². The molecule has 0 aliphatic rings. The molecule has 1 N–H and O–H groups in total. The summed E-state index contributed by atoms with van der Waals surface area (Å²) >= 11 is 0. The van der Waals surface area contributed by atoms with Crippen LogP contribution in [0.4, 0.5) is 5.69 Å². The summed E-state index contributed by atoms with van der Waals surface area (Å²) < 4.78 is 3.11. The predicted octanol–water partition coefficient (Wildman–Crippen LogP) is 2.36. The summed E-state index contributed by atoms with van der Waals surface area (Å²) in [4.78, 5) is 33.5. The molecule has 0 bridgehead atoms. The first-order chi connectivity index (χ1) is 13.0. The number of pyridine rings is 1. The Hall–Kier alpha value is -3.55. The summed E-state index contributed by atoms with van der Waals surface area (Å²) in [5.41, 5.74) is 1.68. The van der Waals surface area contributed by atoms with E-state index in [2.05, 4.69) is 20.4 Å². The van der Waals surface area contributed by atoms with E-state index in [1.54, 1.807) is 30.6 Å². The molecule has 0 radical (unpaired) electrons.